The number of urea groups is 1. The van der Waals surface area contributed by atoms with Crippen LogP contribution in [0.15, 0.2) is 12.4 Å². The molecule has 2 amide bonds. The van der Waals surface area contributed by atoms with Gasteiger partial charge in [0, 0.05) is 32.0 Å². The van der Waals surface area contributed by atoms with E-state index in [-0.39, 0.29) is 12.1 Å². The predicted octanol–water partition coefficient (Wildman–Crippen LogP) is 2.13. The number of carbonyl (C=O) groups excluding carboxylic acids is 1. The van der Waals surface area contributed by atoms with Crippen molar-refractivity contribution in [3.63, 3.8) is 0 Å². The Morgan fingerprint density at radius 2 is 2.43 bits per heavy atom. The number of carbonyl (C=O) groups is 1. The van der Waals surface area contributed by atoms with E-state index in [9.17, 15) is 4.79 Å². The zero-order valence-corrected chi connectivity index (χ0v) is 13.0. The van der Waals surface area contributed by atoms with Crippen LogP contribution in [-0.2, 0) is 11.8 Å². The molecule has 2 heterocycles. The maximum atomic E-state index is 11.8. The Kier molecular flexibility index (Phi) is 6.04. The molecule has 0 aliphatic carbocycles. The van der Waals surface area contributed by atoms with E-state index in [1.165, 1.54) is 12.8 Å². The van der Waals surface area contributed by atoms with Gasteiger partial charge in [-0.15, -0.1) is 0 Å². The highest BCUT2D eigenvalue weighted by Gasteiger charge is 2.14. The van der Waals surface area contributed by atoms with Gasteiger partial charge >= 0.3 is 6.03 Å². The van der Waals surface area contributed by atoms with E-state index in [0.717, 1.165) is 31.4 Å². The second-order valence-corrected chi connectivity index (χ2v) is 5.70. The van der Waals surface area contributed by atoms with Crippen LogP contribution in [0, 0.1) is 0 Å². The standard InChI is InChI=1S/C15H26N4O2/c1-12(13-10-17-19(2)11-13)18-15(20)16-8-5-7-14-6-3-4-9-21-14/h10-12,14H,3-9H2,1-2H3,(H2,16,18,20)/t12-,14-/m0/s1. The van der Waals surface area contributed by atoms with Crippen LogP contribution in [0.1, 0.15) is 50.6 Å². The minimum atomic E-state index is -0.129. The number of aryl methyl sites for hydroxylation is 1. The molecule has 21 heavy (non-hydrogen) atoms. The molecule has 1 saturated heterocycles. The van der Waals surface area contributed by atoms with Gasteiger partial charge in [0.1, 0.15) is 0 Å². The summed E-state index contributed by atoms with van der Waals surface area (Å²) in [5.41, 5.74) is 1.00. The van der Waals surface area contributed by atoms with Gasteiger partial charge in [-0.05, 0) is 39.0 Å². The summed E-state index contributed by atoms with van der Waals surface area (Å²) in [6.07, 6.45) is 9.65. The number of rotatable bonds is 6. The molecule has 6 nitrogen and oxygen atoms in total. The molecule has 0 radical (unpaired) electrons. The van der Waals surface area contributed by atoms with Crippen LogP contribution in [0.3, 0.4) is 0 Å². The average Bonchev–Trinajstić information content (AvgIpc) is 2.91. The average molecular weight is 294 g/mol. The van der Waals surface area contributed by atoms with Gasteiger partial charge in [-0.25, -0.2) is 4.79 Å². The highest BCUT2D eigenvalue weighted by molar-refractivity contribution is 5.74. The predicted molar refractivity (Wildman–Crippen MR) is 81.0 cm³/mol. The molecular weight excluding hydrogens is 268 g/mol. The van der Waals surface area contributed by atoms with E-state index in [1.807, 2.05) is 20.2 Å². The summed E-state index contributed by atoms with van der Waals surface area (Å²) in [7, 11) is 1.86. The van der Waals surface area contributed by atoms with Gasteiger partial charge in [-0.2, -0.15) is 5.10 Å². The van der Waals surface area contributed by atoms with Crippen molar-refractivity contribution in [2.24, 2.45) is 7.05 Å². The van der Waals surface area contributed by atoms with Gasteiger partial charge in [-0.3, -0.25) is 4.68 Å². The lowest BCUT2D eigenvalue weighted by atomic mass is 10.0. The van der Waals surface area contributed by atoms with E-state index >= 15 is 0 Å². The molecule has 1 aliphatic heterocycles. The topological polar surface area (TPSA) is 68.2 Å². The molecular formula is C15H26N4O2. The highest BCUT2D eigenvalue weighted by atomic mass is 16.5. The first-order valence-electron chi connectivity index (χ1n) is 7.79. The van der Waals surface area contributed by atoms with Crippen molar-refractivity contribution in [3.05, 3.63) is 18.0 Å². The summed E-state index contributed by atoms with van der Waals surface area (Å²) >= 11 is 0. The molecule has 0 spiro atoms. The van der Waals surface area contributed by atoms with Crippen LogP contribution < -0.4 is 10.6 Å². The maximum Gasteiger partial charge on any atom is 0.315 e. The minimum absolute atomic E-state index is 0.0413. The third kappa shape index (κ3) is 5.38. The van der Waals surface area contributed by atoms with E-state index in [4.69, 9.17) is 4.74 Å². The van der Waals surface area contributed by atoms with Gasteiger partial charge in [0.25, 0.3) is 0 Å². The molecule has 2 rings (SSSR count). The van der Waals surface area contributed by atoms with Crippen molar-refractivity contribution in [3.8, 4) is 0 Å². The Labute approximate surface area is 126 Å². The number of nitrogens with zero attached hydrogens (tertiary/aromatic N) is 2. The summed E-state index contributed by atoms with van der Waals surface area (Å²) in [5, 5.41) is 9.91. The van der Waals surface area contributed by atoms with Crippen LogP contribution >= 0.6 is 0 Å². The Bertz CT molecular complexity index is 441. The zero-order chi connectivity index (χ0) is 15.1. The molecule has 0 aromatic carbocycles. The number of hydrogen-bond donors (Lipinski definition) is 2. The van der Waals surface area contributed by atoms with Crippen LogP contribution in [0.25, 0.3) is 0 Å². The summed E-state index contributed by atoms with van der Waals surface area (Å²) in [5.74, 6) is 0. The highest BCUT2D eigenvalue weighted by Crippen LogP contribution is 2.16. The SMILES string of the molecule is C[C@H](NC(=O)NCCC[C@@H]1CCCCO1)c1cnn(C)c1. The van der Waals surface area contributed by atoms with Gasteiger partial charge in [-0.1, -0.05) is 0 Å². The first kappa shape index (κ1) is 15.8. The molecule has 1 aromatic heterocycles. The van der Waals surface area contributed by atoms with Gasteiger partial charge in [0.15, 0.2) is 0 Å². The first-order chi connectivity index (χ1) is 10.1. The Hall–Kier alpha value is -1.56. The number of nitrogens with one attached hydrogen (secondary N) is 2. The van der Waals surface area contributed by atoms with Crippen molar-refractivity contribution >= 4 is 6.03 Å². The van der Waals surface area contributed by atoms with Crippen LogP contribution in [0.4, 0.5) is 4.79 Å². The van der Waals surface area contributed by atoms with Crippen molar-refractivity contribution < 1.29 is 9.53 Å². The van der Waals surface area contributed by atoms with E-state index < -0.39 is 0 Å². The molecule has 2 atom stereocenters. The fourth-order valence-corrected chi connectivity index (χ4v) is 2.56. The van der Waals surface area contributed by atoms with Crippen molar-refractivity contribution in [2.45, 2.75) is 51.2 Å². The molecule has 0 unspecified atom stereocenters. The zero-order valence-electron chi connectivity index (χ0n) is 13.0. The molecule has 1 aliphatic rings. The van der Waals surface area contributed by atoms with E-state index in [2.05, 4.69) is 15.7 Å². The first-order valence-corrected chi connectivity index (χ1v) is 7.79. The van der Waals surface area contributed by atoms with Crippen molar-refractivity contribution in [2.75, 3.05) is 13.2 Å². The van der Waals surface area contributed by atoms with Gasteiger partial charge in [0.05, 0.1) is 18.3 Å². The molecule has 6 heteroatoms. The molecule has 0 bridgehead atoms. The third-order valence-electron chi connectivity index (χ3n) is 3.83. The molecule has 1 fully saturated rings. The Balaban J connectivity index is 1.58. The summed E-state index contributed by atoms with van der Waals surface area (Å²) in [6, 6.07) is -0.170. The van der Waals surface area contributed by atoms with Crippen molar-refractivity contribution in [1.29, 1.82) is 0 Å². The lowest BCUT2D eigenvalue weighted by Gasteiger charge is -2.22. The van der Waals surface area contributed by atoms with Crippen LogP contribution in [0.5, 0.6) is 0 Å². The number of aromatic nitrogens is 2. The Morgan fingerprint density at radius 3 is 3.10 bits per heavy atom. The van der Waals surface area contributed by atoms with E-state index in [0.29, 0.717) is 12.6 Å². The lowest BCUT2D eigenvalue weighted by molar-refractivity contribution is 0.0103. The second kappa shape index (κ2) is 8.02. The molecule has 118 valence electrons. The fourth-order valence-electron chi connectivity index (χ4n) is 2.56. The molecule has 2 N–H and O–H groups in total. The molecule has 1 aromatic rings. The van der Waals surface area contributed by atoms with Gasteiger partial charge in [0.2, 0.25) is 0 Å². The van der Waals surface area contributed by atoms with Gasteiger partial charge < -0.3 is 15.4 Å². The largest absolute Gasteiger partial charge is 0.378 e. The monoisotopic (exact) mass is 294 g/mol. The lowest BCUT2D eigenvalue weighted by Crippen LogP contribution is -2.37. The number of hydrogen-bond acceptors (Lipinski definition) is 3. The van der Waals surface area contributed by atoms with E-state index in [1.54, 1.807) is 10.9 Å². The summed E-state index contributed by atoms with van der Waals surface area (Å²) in [4.78, 5) is 11.8. The van der Waals surface area contributed by atoms with Crippen LogP contribution in [0.2, 0.25) is 0 Å². The maximum absolute atomic E-state index is 11.8. The number of ether oxygens (including phenoxy) is 1. The number of amides is 2. The fraction of sp³-hybridized carbons (Fsp3) is 0.733. The minimum Gasteiger partial charge on any atom is -0.378 e. The summed E-state index contributed by atoms with van der Waals surface area (Å²) < 4.78 is 7.40. The summed E-state index contributed by atoms with van der Waals surface area (Å²) in [6.45, 7) is 3.53. The molecule has 0 saturated carbocycles. The normalized spacial score (nSPS) is 20.0. The third-order valence-corrected chi connectivity index (χ3v) is 3.83. The smallest absolute Gasteiger partial charge is 0.315 e. The van der Waals surface area contributed by atoms with Crippen LogP contribution in [-0.4, -0.2) is 35.1 Å². The quantitative estimate of drug-likeness (QED) is 0.790. The second-order valence-electron chi connectivity index (χ2n) is 5.70. The van der Waals surface area contributed by atoms with Crippen molar-refractivity contribution in [1.82, 2.24) is 20.4 Å². The Morgan fingerprint density at radius 1 is 1.57 bits per heavy atom.